The molecule has 0 aliphatic carbocycles. The van der Waals surface area contributed by atoms with Crippen molar-refractivity contribution in [2.45, 2.75) is 0 Å². The van der Waals surface area contributed by atoms with Gasteiger partial charge < -0.3 is 4.98 Å². The zero-order chi connectivity index (χ0) is 18.0. The minimum Gasteiger partial charge on any atom is -0.350 e. The van der Waals surface area contributed by atoms with Crippen LogP contribution >= 0.6 is 0 Å². The maximum Gasteiger partial charge on any atom is 0.286 e. The van der Waals surface area contributed by atoms with E-state index in [2.05, 4.69) is 15.8 Å². The lowest BCUT2D eigenvalue weighted by Crippen LogP contribution is -2.41. The average molecular weight is 342 g/mol. The van der Waals surface area contributed by atoms with Crippen LogP contribution in [0.1, 0.15) is 20.8 Å². The number of hydrogen-bond acceptors (Lipinski definition) is 4. The number of aromatic amines is 1. The largest absolute Gasteiger partial charge is 0.350 e. The molecule has 126 valence electrons. The fourth-order valence-electron chi connectivity index (χ4n) is 2.23. The zero-order valence-corrected chi connectivity index (χ0v) is 12.6. The number of H-pyrrole nitrogens is 1. The summed E-state index contributed by atoms with van der Waals surface area (Å²) in [6.07, 6.45) is 0. The number of nitrogens with zero attached hydrogens (tertiary/aromatic N) is 1. The molecule has 25 heavy (non-hydrogen) atoms. The number of nitrogens with one attached hydrogen (secondary N) is 3. The molecule has 2 amide bonds. The van der Waals surface area contributed by atoms with Crippen molar-refractivity contribution in [3.05, 3.63) is 75.7 Å². The predicted molar refractivity (Wildman–Crippen MR) is 86.3 cm³/mol. The van der Waals surface area contributed by atoms with Crippen molar-refractivity contribution in [3.8, 4) is 0 Å². The molecule has 0 radical (unpaired) electrons. The summed E-state index contributed by atoms with van der Waals surface area (Å²) in [6.45, 7) is 0. The highest BCUT2D eigenvalue weighted by Crippen LogP contribution is 2.18. The van der Waals surface area contributed by atoms with Crippen LogP contribution in [0.3, 0.4) is 0 Å². The number of nitro groups is 1. The highest BCUT2D eigenvalue weighted by atomic mass is 19.1. The minimum absolute atomic E-state index is 0.0732. The Morgan fingerprint density at radius 3 is 2.36 bits per heavy atom. The molecule has 8 nitrogen and oxygen atoms in total. The van der Waals surface area contributed by atoms with Gasteiger partial charge >= 0.3 is 0 Å². The molecule has 3 rings (SSSR count). The van der Waals surface area contributed by atoms with Gasteiger partial charge in [0.25, 0.3) is 17.5 Å². The van der Waals surface area contributed by atoms with Gasteiger partial charge in [0.1, 0.15) is 11.5 Å². The van der Waals surface area contributed by atoms with Crippen LogP contribution in [0.15, 0.2) is 48.5 Å². The number of amides is 2. The third kappa shape index (κ3) is 3.29. The molecule has 0 atom stereocenters. The molecule has 0 aliphatic heterocycles. The summed E-state index contributed by atoms with van der Waals surface area (Å²) in [4.78, 5) is 36.7. The van der Waals surface area contributed by atoms with Crippen LogP contribution in [-0.2, 0) is 0 Å². The van der Waals surface area contributed by atoms with Gasteiger partial charge in [0.15, 0.2) is 0 Å². The lowest BCUT2D eigenvalue weighted by molar-refractivity contribution is -0.384. The third-order valence-corrected chi connectivity index (χ3v) is 3.49. The van der Waals surface area contributed by atoms with Crippen LogP contribution in [0.2, 0.25) is 0 Å². The van der Waals surface area contributed by atoms with Crippen LogP contribution in [0.5, 0.6) is 0 Å². The maximum atomic E-state index is 13.6. The summed E-state index contributed by atoms with van der Waals surface area (Å²) in [5, 5.41) is 10.8. The second-order valence-electron chi connectivity index (χ2n) is 5.10. The molecule has 3 aromatic rings. The van der Waals surface area contributed by atoms with Crippen molar-refractivity contribution in [1.82, 2.24) is 15.8 Å². The highest BCUT2D eigenvalue weighted by molar-refractivity contribution is 6.00. The van der Waals surface area contributed by atoms with Crippen molar-refractivity contribution in [2.24, 2.45) is 0 Å². The Morgan fingerprint density at radius 2 is 1.72 bits per heavy atom. The summed E-state index contributed by atoms with van der Waals surface area (Å²) in [5.41, 5.74) is 4.88. The second-order valence-corrected chi connectivity index (χ2v) is 5.10. The molecule has 3 N–H and O–H groups in total. The Bertz CT molecular complexity index is 981. The SMILES string of the molecule is O=C(NNC(=O)c1cc2c(F)cccc2[nH]1)c1ccc([N+](=O)[O-])cc1. The number of fused-ring (bicyclic) bond motifs is 1. The molecule has 0 fully saturated rings. The van der Waals surface area contributed by atoms with E-state index in [0.717, 1.165) is 0 Å². The monoisotopic (exact) mass is 342 g/mol. The zero-order valence-electron chi connectivity index (χ0n) is 12.6. The molecule has 1 heterocycles. The van der Waals surface area contributed by atoms with E-state index < -0.39 is 22.6 Å². The first-order valence-corrected chi connectivity index (χ1v) is 7.08. The Labute approximate surface area is 139 Å². The van der Waals surface area contributed by atoms with Gasteiger partial charge in [-0.2, -0.15) is 0 Å². The molecular weight excluding hydrogens is 331 g/mol. The fourth-order valence-corrected chi connectivity index (χ4v) is 2.23. The Morgan fingerprint density at radius 1 is 1.04 bits per heavy atom. The number of aromatic nitrogens is 1. The molecule has 0 saturated carbocycles. The topological polar surface area (TPSA) is 117 Å². The quantitative estimate of drug-likeness (QED) is 0.500. The first-order valence-electron chi connectivity index (χ1n) is 7.08. The average Bonchev–Trinajstić information content (AvgIpc) is 3.05. The normalized spacial score (nSPS) is 10.4. The van der Waals surface area contributed by atoms with Gasteiger partial charge in [-0.3, -0.25) is 30.6 Å². The number of hydrazine groups is 1. The van der Waals surface area contributed by atoms with Gasteiger partial charge in [-0.15, -0.1) is 0 Å². The van der Waals surface area contributed by atoms with E-state index >= 15 is 0 Å². The van der Waals surface area contributed by atoms with Crippen molar-refractivity contribution in [1.29, 1.82) is 0 Å². The number of halogens is 1. The van der Waals surface area contributed by atoms with Gasteiger partial charge in [-0.1, -0.05) is 6.07 Å². The smallest absolute Gasteiger partial charge is 0.286 e. The van der Waals surface area contributed by atoms with Crippen LogP contribution < -0.4 is 10.9 Å². The van der Waals surface area contributed by atoms with Gasteiger partial charge in [0.2, 0.25) is 0 Å². The van der Waals surface area contributed by atoms with E-state index in [0.29, 0.717) is 5.52 Å². The molecular formula is C16H11FN4O4. The summed E-state index contributed by atoms with van der Waals surface area (Å²) in [7, 11) is 0. The number of carbonyl (C=O) groups is 2. The Hall–Kier alpha value is -3.75. The van der Waals surface area contributed by atoms with Crippen molar-refractivity contribution in [2.75, 3.05) is 0 Å². The number of carbonyl (C=O) groups excluding carboxylic acids is 2. The number of benzene rings is 2. The Balaban J connectivity index is 1.67. The van der Waals surface area contributed by atoms with E-state index in [1.165, 1.54) is 42.5 Å². The van der Waals surface area contributed by atoms with Crippen LogP contribution in [-0.4, -0.2) is 21.7 Å². The first kappa shape index (κ1) is 16.1. The summed E-state index contributed by atoms with van der Waals surface area (Å²) < 4.78 is 13.6. The standard InChI is InChI=1S/C16H11FN4O4/c17-12-2-1-3-13-11(12)8-14(18-13)16(23)20-19-15(22)9-4-6-10(7-5-9)21(24)25/h1-8,18H,(H,19,22)(H,20,23). The summed E-state index contributed by atoms with van der Waals surface area (Å²) in [5.74, 6) is -1.78. The van der Waals surface area contributed by atoms with E-state index in [-0.39, 0.29) is 22.3 Å². The van der Waals surface area contributed by atoms with Crippen molar-refractivity contribution < 1.29 is 18.9 Å². The maximum absolute atomic E-state index is 13.6. The number of non-ortho nitro benzene ring substituents is 1. The van der Waals surface area contributed by atoms with E-state index in [1.807, 2.05) is 0 Å². The van der Waals surface area contributed by atoms with Gasteiger partial charge in [-0.05, 0) is 30.3 Å². The molecule has 9 heteroatoms. The van der Waals surface area contributed by atoms with E-state index in [1.54, 1.807) is 6.07 Å². The van der Waals surface area contributed by atoms with Gasteiger partial charge in [-0.25, -0.2) is 4.39 Å². The minimum atomic E-state index is -0.661. The lowest BCUT2D eigenvalue weighted by atomic mass is 10.2. The third-order valence-electron chi connectivity index (χ3n) is 3.49. The van der Waals surface area contributed by atoms with Crippen LogP contribution in [0.4, 0.5) is 10.1 Å². The number of rotatable bonds is 3. The van der Waals surface area contributed by atoms with E-state index in [4.69, 9.17) is 0 Å². The first-order chi connectivity index (χ1) is 12.0. The molecule has 0 saturated heterocycles. The number of nitro benzene ring substituents is 1. The molecule has 0 unspecified atom stereocenters. The number of hydrogen-bond donors (Lipinski definition) is 3. The Kier molecular flexibility index (Phi) is 4.12. The molecule has 1 aromatic heterocycles. The lowest BCUT2D eigenvalue weighted by Gasteiger charge is -2.06. The molecule has 0 bridgehead atoms. The molecule has 0 aliphatic rings. The van der Waals surface area contributed by atoms with Crippen LogP contribution in [0, 0.1) is 15.9 Å². The summed E-state index contributed by atoms with van der Waals surface area (Å²) in [6, 6.07) is 10.6. The predicted octanol–water partition coefficient (Wildman–Crippen LogP) is 2.29. The van der Waals surface area contributed by atoms with E-state index in [9.17, 15) is 24.1 Å². The molecule has 2 aromatic carbocycles. The van der Waals surface area contributed by atoms with Gasteiger partial charge in [0.05, 0.1) is 4.92 Å². The van der Waals surface area contributed by atoms with Crippen molar-refractivity contribution >= 4 is 28.4 Å². The summed E-state index contributed by atoms with van der Waals surface area (Å²) >= 11 is 0. The molecule has 0 spiro atoms. The fraction of sp³-hybridized carbons (Fsp3) is 0. The second kappa shape index (κ2) is 6.40. The van der Waals surface area contributed by atoms with Crippen LogP contribution in [0.25, 0.3) is 10.9 Å². The van der Waals surface area contributed by atoms with Gasteiger partial charge in [0, 0.05) is 28.6 Å². The highest BCUT2D eigenvalue weighted by Gasteiger charge is 2.14. The van der Waals surface area contributed by atoms with Crippen molar-refractivity contribution in [3.63, 3.8) is 0 Å².